The molecule has 1 fully saturated rings. The highest BCUT2D eigenvalue weighted by molar-refractivity contribution is 4.97. The molecule has 4 unspecified atom stereocenters. The molecule has 4 N–H and O–H groups in total. The molecule has 0 amide bonds. The van der Waals surface area contributed by atoms with Crippen LogP contribution >= 0.6 is 0 Å². The van der Waals surface area contributed by atoms with E-state index in [4.69, 9.17) is 20.4 Å². The third-order valence-electron chi connectivity index (χ3n) is 1.65. The van der Waals surface area contributed by atoms with E-state index in [0.29, 0.717) is 0 Å². The molecule has 1 aliphatic rings. The van der Waals surface area contributed by atoms with Crippen molar-refractivity contribution in [3.05, 3.63) is 6.42 Å². The van der Waals surface area contributed by atoms with Gasteiger partial charge in [-0.25, -0.2) is 0 Å². The Hall–Kier alpha value is -0.160. The molecule has 0 aromatic rings. The Morgan fingerprint density at radius 3 is 2.20 bits per heavy atom. The molecule has 1 radical (unpaired) electrons. The van der Waals surface area contributed by atoms with E-state index in [1.807, 2.05) is 0 Å². The van der Waals surface area contributed by atoms with Gasteiger partial charge in [-0.1, -0.05) is 0 Å². The first-order valence-electron chi connectivity index (χ1n) is 3.18. The van der Waals surface area contributed by atoms with Gasteiger partial charge in [-0.05, 0) is 0 Å². The maximum Gasteiger partial charge on any atom is 0.106 e. The van der Waals surface area contributed by atoms with E-state index < -0.39 is 24.4 Å². The summed E-state index contributed by atoms with van der Waals surface area (Å²) in [5.41, 5.74) is 0. The fraction of sp³-hybridized carbons (Fsp3) is 0.833. The first kappa shape index (κ1) is 7.94. The fourth-order valence-electron chi connectivity index (χ4n) is 1.03. The normalized spacial score (nSPS) is 49.2. The van der Waals surface area contributed by atoms with Crippen molar-refractivity contribution in [2.75, 3.05) is 0 Å². The van der Waals surface area contributed by atoms with E-state index in [1.54, 1.807) is 0 Å². The average Bonchev–Trinajstić information content (AvgIpc) is 1.82. The molecule has 0 aromatic carbocycles. The van der Waals surface area contributed by atoms with E-state index in [9.17, 15) is 0 Å². The summed E-state index contributed by atoms with van der Waals surface area (Å²) in [6.07, 6.45) is -2.79. The van der Waals surface area contributed by atoms with Crippen molar-refractivity contribution in [1.29, 1.82) is 0 Å². The summed E-state index contributed by atoms with van der Waals surface area (Å²) in [4.78, 5) is 0. The number of hydrogen-bond acceptors (Lipinski definition) is 4. The highest BCUT2D eigenvalue weighted by Gasteiger charge is 2.33. The Balaban J connectivity index is 2.49. The van der Waals surface area contributed by atoms with Gasteiger partial charge in [0.25, 0.3) is 0 Å². The van der Waals surface area contributed by atoms with Crippen LogP contribution < -0.4 is 0 Å². The second-order valence-corrected chi connectivity index (χ2v) is 2.54. The second kappa shape index (κ2) is 2.84. The molecule has 4 atom stereocenters. The van der Waals surface area contributed by atoms with E-state index >= 15 is 0 Å². The van der Waals surface area contributed by atoms with Gasteiger partial charge in [-0.15, -0.1) is 0 Å². The summed E-state index contributed by atoms with van der Waals surface area (Å²) < 4.78 is 0. The lowest BCUT2D eigenvalue weighted by atomic mass is 9.90. The average molecular weight is 147 g/mol. The minimum atomic E-state index is -1.15. The van der Waals surface area contributed by atoms with Gasteiger partial charge >= 0.3 is 0 Å². The van der Waals surface area contributed by atoms with Crippen LogP contribution in [0.3, 0.4) is 0 Å². The van der Waals surface area contributed by atoms with Crippen molar-refractivity contribution in [1.82, 2.24) is 0 Å². The van der Waals surface area contributed by atoms with Crippen LogP contribution in [-0.2, 0) is 0 Å². The number of rotatable bonds is 0. The summed E-state index contributed by atoms with van der Waals surface area (Å²) in [6, 6.07) is 0. The second-order valence-electron chi connectivity index (χ2n) is 2.54. The van der Waals surface area contributed by atoms with Crippen LogP contribution in [0.5, 0.6) is 0 Å². The first-order chi connectivity index (χ1) is 4.61. The smallest absolute Gasteiger partial charge is 0.106 e. The van der Waals surface area contributed by atoms with Gasteiger partial charge in [0, 0.05) is 12.8 Å². The minimum Gasteiger partial charge on any atom is -0.393 e. The van der Waals surface area contributed by atoms with E-state index in [0.717, 1.165) is 0 Å². The van der Waals surface area contributed by atoms with Gasteiger partial charge in [-0.3, -0.25) is 0 Å². The van der Waals surface area contributed by atoms with Crippen molar-refractivity contribution in [2.45, 2.75) is 30.8 Å². The zero-order valence-electron chi connectivity index (χ0n) is 5.38. The Morgan fingerprint density at radius 1 is 1.10 bits per heavy atom. The van der Waals surface area contributed by atoms with Gasteiger partial charge < -0.3 is 20.4 Å². The quantitative estimate of drug-likeness (QED) is 0.320. The zero-order valence-corrected chi connectivity index (χ0v) is 5.38. The SMILES string of the molecule is OC1[CH]C(O)C(O)C(O)C1. The van der Waals surface area contributed by atoms with Crippen LogP contribution in [0.4, 0.5) is 0 Å². The van der Waals surface area contributed by atoms with E-state index in [2.05, 4.69) is 0 Å². The van der Waals surface area contributed by atoms with Gasteiger partial charge in [-0.2, -0.15) is 0 Å². The van der Waals surface area contributed by atoms with Crippen LogP contribution in [0.1, 0.15) is 6.42 Å². The summed E-state index contributed by atoms with van der Waals surface area (Å²) >= 11 is 0. The van der Waals surface area contributed by atoms with Crippen molar-refractivity contribution in [2.24, 2.45) is 0 Å². The lowest BCUT2D eigenvalue weighted by molar-refractivity contribution is -0.0898. The summed E-state index contributed by atoms with van der Waals surface area (Å²) in [5.74, 6) is 0. The summed E-state index contributed by atoms with van der Waals surface area (Å²) in [7, 11) is 0. The molecule has 0 bridgehead atoms. The van der Waals surface area contributed by atoms with Gasteiger partial charge in [0.1, 0.15) is 6.10 Å². The predicted octanol–water partition coefficient (Wildman–Crippen LogP) is -1.96. The Kier molecular flexibility index (Phi) is 2.25. The Morgan fingerprint density at radius 2 is 1.70 bits per heavy atom. The molecular formula is C6H11O4. The molecule has 0 aliphatic heterocycles. The maximum absolute atomic E-state index is 8.93. The van der Waals surface area contributed by atoms with Crippen molar-refractivity contribution in [3.63, 3.8) is 0 Å². The van der Waals surface area contributed by atoms with Crippen LogP contribution in [0, 0.1) is 6.42 Å². The lowest BCUT2D eigenvalue weighted by Crippen LogP contribution is -2.46. The number of hydrogen-bond donors (Lipinski definition) is 4. The predicted molar refractivity (Wildman–Crippen MR) is 32.9 cm³/mol. The third kappa shape index (κ3) is 1.46. The molecular weight excluding hydrogens is 136 g/mol. The van der Waals surface area contributed by atoms with Crippen LogP contribution in [0.15, 0.2) is 0 Å². The monoisotopic (exact) mass is 147 g/mol. The van der Waals surface area contributed by atoms with Gasteiger partial charge in [0.2, 0.25) is 0 Å². The largest absolute Gasteiger partial charge is 0.393 e. The highest BCUT2D eigenvalue weighted by atomic mass is 16.4. The molecule has 0 heterocycles. The standard InChI is InChI=1S/C6H11O4/c7-3-1-4(8)6(10)5(9)2-3/h1,3-10H,2H2. The molecule has 0 aromatic heterocycles. The molecule has 1 rings (SSSR count). The fourth-order valence-corrected chi connectivity index (χ4v) is 1.03. The van der Waals surface area contributed by atoms with Gasteiger partial charge in [0.05, 0.1) is 18.3 Å². The maximum atomic E-state index is 8.93. The van der Waals surface area contributed by atoms with E-state index in [-0.39, 0.29) is 6.42 Å². The Labute approximate surface area is 58.7 Å². The molecule has 0 saturated heterocycles. The summed E-state index contributed by atoms with van der Waals surface area (Å²) in [6.45, 7) is 0. The molecule has 59 valence electrons. The van der Waals surface area contributed by atoms with Crippen molar-refractivity contribution >= 4 is 0 Å². The number of aliphatic hydroxyl groups is 4. The molecule has 0 spiro atoms. The number of aliphatic hydroxyl groups excluding tert-OH is 4. The van der Waals surface area contributed by atoms with Crippen LogP contribution in [-0.4, -0.2) is 44.8 Å². The minimum absolute atomic E-state index is 0.0955. The highest BCUT2D eigenvalue weighted by Crippen LogP contribution is 2.18. The molecule has 1 aliphatic carbocycles. The molecule has 4 nitrogen and oxygen atoms in total. The Bertz CT molecular complexity index is 104. The van der Waals surface area contributed by atoms with Gasteiger partial charge in [0.15, 0.2) is 0 Å². The first-order valence-corrected chi connectivity index (χ1v) is 3.18. The zero-order chi connectivity index (χ0) is 7.72. The molecule has 1 saturated carbocycles. The van der Waals surface area contributed by atoms with E-state index in [1.165, 1.54) is 6.42 Å². The van der Waals surface area contributed by atoms with Crippen LogP contribution in [0.2, 0.25) is 0 Å². The van der Waals surface area contributed by atoms with Crippen molar-refractivity contribution < 1.29 is 20.4 Å². The van der Waals surface area contributed by atoms with Crippen LogP contribution in [0.25, 0.3) is 0 Å². The molecule has 10 heavy (non-hydrogen) atoms. The molecule has 4 heteroatoms. The lowest BCUT2D eigenvalue weighted by Gasteiger charge is -2.30. The third-order valence-corrected chi connectivity index (χ3v) is 1.65. The topological polar surface area (TPSA) is 80.9 Å². The van der Waals surface area contributed by atoms with Crippen molar-refractivity contribution in [3.8, 4) is 0 Å². The summed E-state index contributed by atoms with van der Waals surface area (Å²) in [5, 5.41) is 35.6.